The van der Waals surface area contributed by atoms with Gasteiger partial charge in [0.05, 0.1) is 11.1 Å². The highest BCUT2D eigenvalue weighted by Gasteiger charge is 2.13. The molecule has 5 heteroatoms. The summed E-state index contributed by atoms with van der Waals surface area (Å²) in [4.78, 5) is 20.7. The maximum Gasteiger partial charge on any atom is 0.253 e. The van der Waals surface area contributed by atoms with Gasteiger partial charge in [-0.05, 0) is 24.5 Å². The number of benzene rings is 1. The molecular weight excluding hydrogens is 254 g/mol. The van der Waals surface area contributed by atoms with Crippen molar-refractivity contribution in [1.29, 1.82) is 0 Å². The maximum atomic E-state index is 12.2. The summed E-state index contributed by atoms with van der Waals surface area (Å²) in [7, 11) is 0. The summed E-state index contributed by atoms with van der Waals surface area (Å²) >= 11 is 0. The summed E-state index contributed by atoms with van der Waals surface area (Å²) in [5.74, 6) is 0.150. The lowest BCUT2D eigenvalue weighted by molar-refractivity contribution is 0.0945. The van der Waals surface area contributed by atoms with Crippen molar-refractivity contribution in [2.45, 2.75) is 19.8 Å². The van der Waals surface area contributed by atoms with Crippen LogP contribution in [-0.2, 0) is 0 Å². The van der Waals surface area contributed by atoms with Gasteiger partial charge in [-0.2, -0.15) is 0 Å². The number of fused-ring (bicyclic) bond motifs is 1. The third-order valence-corrected chi connectivity index (χ3v) is 3.41. The molecule has 0 aliphatic heterocycles. The maximum absolute atomic E-state index is 12.2. The van der Waals surface area contributed by atoms with Crippen molar-refractivity contribution in [1.82, 2.24) is 15.3 Å². The number of aliphatic hydroxyl groups excluding tert-OH is 1. The van der Waals surface area contributed by atoms with Crippen LogP contribution in [0.1, 0.15) is 30.1 Å². The second kappa shape index (κ2) is 6.96. The summed E-state index contributed by atoms with van der Waals surface area (Å²) in [6, 6.07) is 5.38. The van der Waals surface area contributed by atoms with E-state index in [1.807, 2.05) is 6.07 Å². The van der Waals surface area contributed by atoms with Gasteiger partial charge in [0, 0.05) is 25.5 Å². The zero-order valence-corrected chi connectivity index (χ0v) is 11.5. The molecule has 0 radical (unpaired) electrons. The number of nitrogens with one attached hydrogen (secondary N) is 1. The summed E-state index contributed by atoms with van der Waals surface area (Å²) < 4.78 is 0. The van der Waals surface area contributed by atoms with Crippen LogP contribution in [-0.4, -0.2) is 34.1 Å². The van der Waals surface area contributed by atoms with Crippen molar-refractivity contribution in [2.24, 2.45) is 5.92 Å². The highest BCUT2D eigenvalue weighted by atomic mass is 16.3. The van der Waals surface area contributed by atoms with Crippen LogP contribution >= 0.6 is 0 Å². The molecular formula is C15H19N3O2. The third-order valence-electron chi connectivity index (χ3n) is 3.41. The quantitative estimate of drug-likeness (QED) is 0.841. The summed E-state index contributed by atoms with van der Waals surface area (Å²) in [5.41, 5.74) is 1.86. The predicted octanol–water partition coefficient (Wildman–Crippen LogP) is 1.77. The largest absolute Gasteiger partial charge is 0.396 e. The van der Waals surface area contributed by atoms with E-state index in [1.54, 1.807) is 24.5 Å². The number of rotatable bonds is 6. The van der Waals surface area contributed by atoms with Gasteiger partial charge in [0.25, 0.3) is 5.91 Å². The first kappa shape index (κ1) is 14.4. The SMILES string of the molecule is CCC(CCO)CNC(=O)c1cccc2nccnc12. The van der Waals surface area contributed by atoms with Crippen LogP contribution in [0, 0.1) is 5.92 Å². The summed E-state index contributed by atoms with van der Waals surface area (Å²) in [5, 5.41) is 11.9. The molecule has 2 rings (SSSR count). The second-order valence-electron chi connectivity index (χ2n) is 4.73. The molecule has 0 saturated heterocycles. The molecule has 2 N–H and O–H groups in total. The Hall–Kier alpha value is -2.01. The molecule has 106 valence electrons. The number of nitrogens with zero attached hydrogens (tertiary/aromatic N) is 2. The first-order valence-corrected chi connectivity index (χ1v) is 6.85. The van der Waals surface area contributed by atoms with E-state index in [9.17, 15) is 4.79 Å². The lowest BCUT2D eigenvalue weighted by Crippen LogP contribution is -2.29. The first-order valence-electron chi connectivity index (χ1n) is 6.85. The molecule has 0 spiro atoms. The van der Waals surface area contributed by atoms with E-state index >= 15 is 0 Å². The Bertz CT molecular complexity index is 581. The summed E-state index contributed by atoms with van der Waals surface area (Å²) in [6.07, 6.45) is 4.82. The van der Waals surface area contributed by atoms with E-state index in [1.165, 1.54) is 0 Å². The summed E-state index contributed by atoms with van der Waals surface area (Å²) in [6.45, 7) is 2.76. The topological polar surface area (TPSA) is 75.1 Å². The zero-order chi connectivity index (χ0) is 14.4. The molecule has 5 nitrogen and oxygen atoms in total. The Balaban J connectivity index is 2.11. The highest BCUT2D eigenvalue weighted by molar-refractivity contribution is 6.04. The lowest BCUT2D eigenvalue weighted by atomic mass is 10.0. The van der Waals surface area contributed by atoms with Crippen molar-refractivity contribution in [3.05, 3.63) is 36.2 Å². The third kappa shape index (κ3) is 3.30. The molecule has 0 aliphatic rings. The minimum absolute atomic E-state index is 0.146. The molecule has 1 heterocycles. The number of aliphatic hydroxyl groups is 1. The Morgan fingerprint density at radius 1 is 1.35 bits per heavy atom. The number of aromatic nitrogens is 2. The predicted molar refractivity (Wildman–Crippen MR) is 77.4 cm³/mol. The molecule has 1 aromatic heterocycles. The van der Waals surface area contributed by atoms with Gasteiger partial charge < -0.3 is 10.4 Å². The van der Waals surface area contributed by atoms with Crippen molar-refractivity contribution in [3.8, 4) is 0 Å². The second-order valence-corrected chi connectivity index (χ2v) is 4.73. The Morgan fingerprint density at radius 3 is 2.90 bits per heavy atom. The first-order chi connectivity index (χ1) is 9.76. The molecule has 20 heavy (non-hydrogen) atoms. The normalized spacial score (nSPS) is 12.3. The van der Waals surface area contributed by atoms with E-state index in [0.29, 0.717) is 35.5 Å². The van der Waals surface area contributed by atoms with Crippen molar-refractivity contribution >= 4 is 16.9 Å². The number of amides is 1. The van der Waals surface area contributed by atoms with Crippen molar-refractivity contribution in [2.75, 3.05) is 13.2 Å². The monoisotopic (exact) mass is 273 g/mol. The standard InChI is InChI=1S/C15H19N3O2/c1-2-11(6-9-19)10-18-15(20)12-4-3-5-13-14(12)17-8-7-16-13/h3-5,7-8,11,19H,2,6,9-10H2,1H3,(H,18,20). The molecule has 0 saturated carbocycles. The fourth-order valence-electron chi connectivity index (χ4n) is 2.14. The van der Waals surface area contributed by atoms with Gasteiger partial charge in [0.2, 0.25) is 0 Å². The van der Waals surface area contributed by atoms with Crippen LogP contribution in [0.25, 0.3) is 11.0 Å². The molecule has 0 bridgehead atoms. The van der Waals surface area contributed by atoms with Crippen LogP contribution in [0.2, 0.25) is 0 Å². The van der Waals surface area contributed by atoms with Crippen LogP contribution in [0.4, 0.5) is 0 Å². The van der Waals surface area contributed by atoms with E-state index in [0.717, 1.165) is 6.42 Å². The Kier molecular flexibility index (Phi) is 5.01. The molecule has 0 fully saturated rings. The molecule has 1 aromatic carbocycles. The molecule has 2 aromatic rings. The average Bonchev–Trinajstić information content (AvgIpc) is 2.50. The molecule has 0 aliphatic carbocycles. The average molecular weight is 273 g/mol. The van der Waals surface area contributed by atoms with Crippen molar-refractivity contribution < 1.29 is 9.90 Å². The van der Waals surface area contributed by atoms with Crippen molar-refractivity contribution in [3.63, 3.8) is 0 Å². The van der Waals surface area contributed by atoms with E-state index in [4.69, 9.17) is 5.11 Å². The number of carbonyl (C=O) groups excluding carboxylic acids is 1. The fourth-order valence-corrected chi connectivity index (χ4v) is 2.14. The van der Waals surface area contributed by atoms with Crippen LogP contribution < -0.4 is 5.32 Å². The van der Waals surface area contributed by atoms with E-state index < -0.39 is 0 Å². The number of hydrogen-bond donors (Lipinski definition) is 2. The minimum Gasteiger partial charge on any atom is -0.396 e. The van der Waals surface area contributed by atoms with Gasteiger partial charge >= 0.3 is 0 Å². The van der Waals surface area contributed by atoms with Crippen LogP contribution in [0.15, 0.2) is 30.6 Å². The molecule has 1 amide bonds. The van der Waals surface area contributed by atoms with Gasteiger partial charge in [-0.25, -0.2) is 0 Å². The van der Waals surface area contributed by atoms with Gasteiger partial charge in [0.15, 0.2) is 0 Å². The number of para-hydroxylation sites is 1. The Morgan fingerprint density at radius 2 is 2.15 bits per heavy atom. The Labute approximate surface area is 118 Å². The van der Waals surface area contributed by atoms with Crippen LogP contribution in [0.3, 0.4) is 0 Å². The van der Waals surface area contributed by atoms with Gasteiger partial charge in [-0.3, -0.25) is 14.8 Å². The number of hydrogen-bond acceptors (Lipinski definition) is 4. The van der Waals surface area contributed by atoms with Gasteiger partial charge in [0.1, 0.15) is 5.52 Å². The molecule has 1 unspecified atom stereocenters. The van der Waals surface area contributed by atoms with Gasteiger partial charge in [-0.1, -0.05) is 19.4 Å². The van der Waals surface area contributed by atoms with E-state index in [2.05, 4.69) is 22.2 Å². The lowest BCUT2D eigenvalue weighted by Gasteiger charge is -2.14. The number of carbonyl (C=O) groups is 1. The smallest absolute Gasteiger partial charge is 0.253 e. The van der Waals surface area contributed by atoms with Gasteiger partial charge in [-0.15, -0.1) is 0 Å². The highest BCUT2D eigenvalue weighted by Crippen LogP contribution is 2.14. The van der Waals surface area contributed by atoms with E-state index in [-0.39, 0.29) is 12.5 Å². The molecule has 1 atom stereocenters. The van der Waals surface area contributed by atoms with Crippen LogP contribution in [0.5, 0.6) is 0 Å². The zero-order valence-electron chi connectivity index (χ0n) is 11.5. The fraction of sp³-hybridized carbons (Fsp3) is 0.400. The minimum atomic E-state index is -0.146.